The Labute approximate surface area is 127 Å². The molecule has 1 aromatic rings. The van der Waals surface area contributed by atoms with Gasteiger partial charge in [0.1, 0.15) is 11.4 Å². The summed E-state index contributed by atoms with van der Waals surface area (Å²) in [5.41, 5.74) is 7.98. The molecule has 1 aliphatic heterocycles. The van der Waals surface area contributed by atoms with Crippen molar-refractivity contribution in [3.8, 4) is 5.75 Å². The van der Waals surface area contributed by atoms with Gasteiger partial charge in [-0.2, -0.15) is 0 Å². The molecule has 1 heterocycles. The Hall–Kier alpha value is -1.29. The molecule has 2 N–H and O–H groups in total. The number of nitrogens with two attached hydrogens (primary N) is 1. The first-order valence-electron chi connectivity index (χ1n) is 7.32. The van der Waals surface area contributed by atoms with Gasteiger partial charge in [-0.25, -0.2) is 0 Å². The molecule has 0 unspecified atom stereocenters. The summed E-state index contributed by atoms with van der Waals surface area (Å²) in [5.74, 6) is 0.980. The smallest absolute Gasteiger partial charge is 0.143 e. The minimum absolute atomic E-state index is 0.0987. The number of aryl methyl sites for hydroxylation is 1. The maximum atomic E-state index is 6.30. The van der Waals surface area contributed by atoms with Crippen molar-refractivity contribution in [2.45, 2.75) is 45.6 Å². The second-order valence-corrected chi connectivity index (χ2v) is 6.13. The number of anilines is 1. The average Bonchev–Trinajstić information content (AvgIpc) is 2.44. The van der Waals surface area contributed by atoms with E-state index in [0.717, 1.165) is 38.1 Å². The summed E-state index contributed by atoms with van der Waals surface area (Å²) in [5, 5.41) is 0. The number of nitrogens with zero attached hydrogens (tertiary/aromatic N) is 1. The number of hydrogen-bond donors (Lipinski definition) is 1. The van der Waals surface area contributed by atoms with Gasteiger partial charge in [-0.15, -0.1) is 0 Å². The number of fused-ring (bicyclic) bond motifs is 1. The fraction of sp³-hybridized carbons (Fsp3) is 0.562. The molecular weight excluding hydrogens is 268 g/mol. The van der Waals surface area contributed by atoms with E-state index >= 15 is 0 Å². The van der Waals surface area contributed by atoms with Gasteiger partial charge in [0.15, 0.2) is 0 Å². The fourth-order valence-corrected chi connectivity index (χ4v) is 2.81. The summed E-state index contributed by atoms with van der Waals surface area (Å²) >= 11 is 5.02. The van der Waals surface area contributed by atoms with E-state index in [-0.39, 0.29) is 5.60 Å². The molecule has 0 radical (unpaired) electrons. The third kappa shape index (κ3) is 3.06. The zero-order valence-corrected chi connectivity index (χ0v) is 13.4. The van der Waals surface area contributed by atoms with Gasteiger partial charge in [0, 0.05) is 13.0 Å². The van der Waals surface area contributed by atoms with Crippen molar-refractivity contribution in [3.05, 3.63) is 23.8 Å². The topological polar surface area (TPSA) is 38.5 Å². The van der Waals surface area contributed by atoms with Crippen LogP contribution in [0, 0.1) is 6.92 Å². The van der Waals surface area contributed by atoms with Gasteiger partial charge in [-0.05, 0) is 37.5 Å². The van der Waals surface area contributed by atoms with Crippen molar-refractivity contribution in [1.29, 1.82) is 0 Å². The third-order valence-corrected chi connectivity index (χ3v) is 4.38. The SMILES string of the molecule is CCC1(CC)CN(CCC(N)=S)c2cc(C)ccc2O1. The highest BCUT2D eigenvalue weighted by atomic mass is 32.1. The molecule has 0 aromatic heterocycles. The summed E-state index contributed by atoms with van der Waals surface area (Å²) in [6, 6.07) is 6.37. The van der Waals surface area contributed by atoms with Crippen LogP contribution in [0.3, 0.4) is 0 Å². The van der Waals surface area contributed by atoms with Crippen molar-refractivity contribution < 1.29 is 4.74 Å². The quantitative estimate of drug-likeness (QED) is 0.844. The lowest BCUT2D eigenvalue weighted by Gasteiger charge is -2.44. The van der Waals surface area contributed by atoms with Gasteiger partial charge in [0.05, 0.1) is 17.2 Å². The summed E-state index contributed by atoms with van der Waals surface area (Å²) in [4.78, 5) is 2.95. The number of ether oxygens (including phenoxy) is 1. The molecule has 4 heteroatoms. The van der Waals surface area contributed by atoms with Crippen LogP contribution in [-0.2, 0) is 0 Å². The molecule has 0 amide bonds. The Balaban J connectivity index is 2.33. The van der Waals surface area contributed by atoms with E-state index in [1.165, 1.54) is 11.3 Å². The molecule has 3 nitrogen and oxygen atoms in total. The molecule has 0 bridgehead atoms. The molecule has 0 aliphatic carbocycles. The van der Waals surface area contributed by atoms with Gasteiger partial charge in [0.2, 0.25) is 0 Å². The normalized spacial score (nSPS) is 16.4. The van der Waals surface area contributed by atoms with Crippen molar-refractivity contribution in [2.24, 2.45) is 5.73 Å². The number of benzene rings is 1. The first-order valence-corrected chi connectivity index (χ1v) is 7.73. The van der Waals surface area contributed by atoms with Crippen LogP contribution in [0.4, 0.5) is 5.69 Å². The number of hydrogen-bond acceptors (Lipinski definition) is 3. The lowest BCUT2D eigenvalue weighted by molar-refractivity contribution is 0.0576. The molecule has 0 saturated carbocycles. The zero-order chi connectivity index (χ0) is 14.8. The van der Waals surface area contributed by atoms with Gasteiger partial charge < -0.3 is 15.4 Å². The first-order chi connectivity index (χ1) is 9.49. The Bertz CT molecular complexity index is 497. The Kier molecular flexibility index (Phi) is 4.53. The van der Waals surface area contributed by atoms with Gasteiger partial charge >= 0.3 is 0 Å². The molecule has 20 heavy (non-hydrogen) atoms. The molecule has 0 spiro atoms. The molecule has 0 saturated heterocycles. The minimum Gasteiger partial charge on any atom is -0.483 e. The standard InChI is InChI=1S/C16H24N2OS/c1-4-16(5-2)11-18(9-8-15(17)20)13-10-12(3)6-7-14(13)19-16/h6-7,10H,4-5,8-9,11H2,1-3H3,(H2,17,20). The molecular formula is C16H24N2OS. The largest absolute Gasteiger partial charge is 0.483 e. The highest BCUT2D eigenvalue weighted by Gasteiger charge is 2.36. The van der Waals surface area contributed by atoms with Crippen LogP contribution in [0.25, 0.3) is 0 Å². The van der Waals surface area contributed by atoms with Crippen molar-refractivity contribution >= 4 is 22.9 Å². The van der Waals surface area contributed by atoms with Crippen LogP contribution in [0.5, 0.6) is 5.75 Å². The van der Waals surface area contributed by atoms with Crippen LogP contribution in [0.15, 0.2) is 18.2 Å². The predicted octanol–water partition coefficient (Wildman–Crippen LogP) is 3.43. The van der Waals surface area contributed by atoms with E-state index in [0.29, 0.717) is 4.99 Å². The molecule has 1 aromatic carbocycles. The summed E-state index contributed by atoms with van der Waals surface area (Å²) in [7, 11) is 0. The second kappa shape index (κ2) is 6.00. The monoisotopic (exact) mass is 292 g/mol. The first kappa shape index (κ1) is 15.1. The molecule has 1 aliphatic rings. The van der Waals surface area contributed by atoms with E-state index in [2.05, 4.69) is 43.9 Å². The van der Waals surface area contributed by atoms with Crippen LogP contribution in [0.2, 0.25) is 0 Å². The van der Waals surface area contributed by atoms with E-state index < -0.39 is 0 Å². The average molecular weight is 292 g/mol. The number of rotatable bonds is 5. The molecule has 110 valence electrons. The summed E-state index contributed by atoms with van der Waals surface area (Å²) in [6.07, 6.45) is 2.74. The predicted molar refractivity (Wildman–Crippen MR) is 88.7 cm³/mol. The van der Waals surface area contributed by atoms with Gasteiger partial charge in [-0.3, -0.25) is 0 Å². The second-order valence-electron chi connectivity index (χ2n) is 5.60. The third-order valence-electron chi connectivity index (χ3n) is 4.18. The Morgan fingerprint density at radius 2 is 2.10 bits per heavy atom. The van der Waals surface area contributed by atoms with E-state index in [4.69, 9.17) is 22.7 Å². The van der Waals surface area contributed by atoms with E-state index in [1.54, 1.807) is 0 Å². The van der Waals surface area contributed by atoms with Crippen LogP contribution < -0.4 is 15.4 Å². The van der Waals surface area contributed by atoms with Crippen molar-refractivity contribution in [1.82, 2.24) is 0 Å². The van der Waals surface area contributed by atoms with Crippen molar-refractivity contribution in [3.63, 3.8) is 0 Å². The highest BCUT2D eigenvalue weighted by molar-refractivity contribution is 7.80. The maximum absolute atomic E-state index is 6.30. The van der Waals surface area contributed by atoms with Crippen LogP contribution >= 0.6 is 12.2 Å². The van der Waals surface area contributed by atoms with Crippen molar-refractivity contribution in [2.75, 3.05) is 18.0 Å². The van der Waals surface area contributed by atoms with Crippen LogP contribution in [0.1, 0.15) is 38.7 Å². The van der Waals surface area contributed by atoms with E-state index in [9.17, 15) is 0 Å². The Morgan fingerprint density at radius 3 is 2.70 bits per heavy atom. The summed E-state index contributed by atoms with van der Waals surface area (Å²) in [6.45, 7) is 8.24. The zero-order valence-electron chi connectivity index (χ0n) is 12.6. The lowest BCUT2D eigenvalue weighted by atomic mass is 9.93. The van der Waals surface area contributed by atoms with E-state index in [1.807, 2.05) is 0 Å². The Morgan fingerprint density at radius 1 is 1.40 bits per heavy atom. The van der Waals surface area contributed by atoms with Gasteiger partial charge in [-0.1, -0.05) is 32.1 Å². The lowest BCUT2D eigenvalue weighted by Crippen LogP contribution is -2.51. The molecule has 0 atom stereocenters. The minimum atomic E-state index is -0.0987. The van der Waals surface area contributed by atoms with Crippen LogP contribution in [-0.4, -0.2) is 23.7 Å². The highest BCUT2D eigenvalue weighted by Crippen LogP contribution is 2.40. The van der Waals surface area contributed by atoms with Gasteiger partial charge in [0.25, 0.3) is 0 Å². The fourth-order valence-electron chi connectivity index (χ4n) is 2.72. The molecule has 0 fully saturated rings. The maximum Gasteiger partial charge on any atom is 0.143 e. The number of thiocarbonyl (C=S) groups is 1. The molecule has 2 rings (SSSR count). The summed E-state index contributed by atoms with van der Waals surface area (Å²) < 4.78 is 6.30.